The summed E-state index contributed by atoms with van der Waals surface area (Å²) in [7, 11) is 0. The smallest absolute Gasteiger partial charge is 0.0401 e. The van der Waals surface area contributed by atoms with Gasteiger partial charge in [-0.05, 0) is 29.9 Å². The van der Waals surface area contributed by atoms with E-state index in [2.05, 4.69) is 24.3 Å². The van der Waals surface area contributed by atoms with E-state index in [9.17, 15) is 0 Å². The van der Waals surface area contributed by atoms with Gasteiger partial charge in [0.15, 0.2) is 0 Å². The first-order valence-corrected chi connectivity index (χ1v) is 5.42. The van der Waals surface area contributed by atoms with Gasteiger partial charge in [0, 0.05) is 17.3 Å². The van der Waals surface area contributed by atoms with E-state index in [1.54, 1.807) is 11.3 Å². The number of terminal acetylenes is 1. The van der Waals surface area contributed by atoms with Crippen molar-refractivity contribution in [2.24, 2.45) is 5.73 Å². The Bertz CT molecular complexity index is 295. The van der Waals surface area contributed by atoms with Gasteiger partial charge in [-0.2, -0.15) is 0 Å². The van der Waals surface area contributed by atoms with Crippen LogP contribution < -0.4 is 5.73 Å². The van der Waals surface area contributed by atoms with Crippen molar-refractivity contribution in [2.75, 3.05) is 0 Å². The van der Waals surface area contributed by atoms with E-state index in [0.717, 1.165) is 19.3 Å². The Kier molecular flexibility index (Phi) is 4.01. The van der Waals surface area contributed by atoms with Crippen LogP contribution in [0.2, 0.25) is 0 Å². The lowest BCUT2D eigenvalue weighted by Crippen LogP contribution is -2.09. The predicted molar refractivity (Wildman–Crippen MR) is 58.7 cm³/mol. The molecule has 2 N–H and O–H groups in total. The summed E-state index contributed by atoms with van der Waals surface area (Å²) >= 11 is 1.74. The summed E-state index contributed by atoms with van der Waals surface area (Å²) in [5, 5.41) is 2.10. The molecule has 1 aromatic rings. The molecule has 0 spiro atoms. The van der Waals surface area contributed by atoms with Gasteiger partial charge in [-0.3, -0.25) is 0 Å². The van der Waals surface area contributed by atoms with Crippen LogP contribution in [0.5, 0.6) is 0 Å². The molecule has 0 saturated carbocycles. The van der Waals surface area contributed by atoms with Gasteiger partial charge in [-0.15, -0.1) is 23.7 Å². The maximum Gasteiger partial charge on any atom is 0.0401 e. The lowest BCUT2D eigenvalue weighted by molar-refractivity contribution is 0.673. The van der Waals surface area contributed by atoms with E-state index in [0.29, 0.717) is 0 Å². The predicted octanol–water partition coefficient (Wildman–Crippen LogP) is 2.72. The lowest BCUT2D eigenvalue weighted by atomic mass is 10.1. The van der Waals surface area contributed by atoms with Crippen LogP contribution in [0, 0.1) is 12.3 Å². The summed E-state index contributed by atoms with van der Waals surface area (Å²) in [4.78, 5) is 1.30. The fourth-order valence-corrected chi connectivity index (χ4v) is 2.37. The Morgan fingerprint density at radius 1 is 1.69 bits per heavy atom. The molecular formula is C11H15NS. The van der Waals surface area contributed by atoms with Crippen LogP contribution in [0.25, 0.3) is 0 Å². The molecule has 0 aromatic carbocycles. The molecule has 1 heterocycles. The van der Waals surface area contributed by atoms with E-state index in [4.69, 9.17) is 12.2 Å². The van der Waals surface area contributed by atoms with E-state index in [1.165, 1.54) is 10.4 Å². The molecule has 0 fully saturated rings. The summed E-state index contributed by atoms with van der Waals surface area (Å²) in [6.07, 6.45) is 7.92. The van der Waals surface area contributed by atoms with Crippen molar-refractivity contribution in [3.05, 3.63) is 21.9 Å². The number of aryl methyl sites for hydroxylation is 1. The Labute approximate surface area is 84.0 Å². The SMILES string of the molecule is C#CCCC(N)c1sccc1CC. The maximum atomic E-state index is 6.02. The Morgan fingerprint density at radius 3 is 3.08 bits per heavy atom. The van der Waals surface area contributed by atoms with Gasteiger partial charge >= 0.3 is 0 Å². The highest BCUT2D eigenvalue weighted by Gasteiger charge is 2.10. The van der Waals surface area contributed by atoms with Gasteiger partial charge in [0.25, 0.3) is 0 Å². The third-order valence-corrected chi connectivity index (χ3v) is 3.19. The average Bonchev–Trinajstić information content (AvgIpc) is 2.61. The van der Waals surface area contributed by atoms with Crippen molar-refractivity contribution in [2.45, 2.75) is 32.2 Å². The number of hydrogen-bond donors (Lipinski definition) is 1. The first-order valence-electron chi connectivity index (χ1n) is 4.54. The third-order valence-electron chi connectivity index (χ3n) is 2.10. The number of thiophene rings is 1. The van der Waals surface area contributed by atoms with Gasteiger partial charge in [-0.25, -0.2) is 0 Å². The van der Waals surface area contributed by atoms with Crippen LogP contribution in [0.3, 0.4) is 0 Å². The highest BCUT2D eigenvalue weighted by molar-refractivity contribution is 7.10. The average molecular weight is 193 g/mol. The van der Waals surface area contributed by atoms with Crippen molar-refractivity contribution in [3.8, 4) is 12.3 Å². The second kappa shape index (κ2) is 5.06. The molecule has 0 aliphatic heterocycles. The first kappa shape index (κ1) is 10.3. The molecule has 0 aliphatic carbocycles. The van der Waals surface area contributed by atoms with Crippen molar-refractivity contribution in [3.63, 3.8) is 0 Å². The maximum absolute atomic E-state index is 6.02. The second-order valence-electron chi connectivity index (χ2n) is 3.01. The quantitative estimate of drug-likeness (QED) is 0.731. The lowest BCUT2D eigenvalue weighted by Gasteiger charge is -2.09. The van der Waals surface area contributed by atoms with Crippen LogP contribution in [0.4, 0.5) is 0 Å². The topological polar surface area (TPSA) is 26.0 Å². The Balaban J connectivity index is 2.65. The Hall–Kier alpha value is -0.780. The molecule has 1 unspecified atom stereocenters. The molecule has 70 valence electrons. The molecule has 0 radical (unpaired) electrons. The van der Waals surface area contributed by atoms with Crippen molar-refractivity contribution >= 4 is 11.3 Å². The highest BCUT2D eigenvalue weighted by Crippen LogP contribution is 2.26. The van der Waals surface area contributed by atoms with Crippen LogP contribution in [-0.4, -0.2) is 0 Å². The molecule has 1 aromatic heterocycles. The molecular weight excluding hydrogens is 178 g/mol. The van der Waals surface area contributed by atoms with Gasteiger partial charge in [0.1, 0.15) is 0 Å². The van der Waals surface area contributed by atoms with Gasteiger partial charge in [0.2, 0.25) is 0 Å². The molecule has 0 amide bonds. The van der Waals surface area contributed by atoms with E-state index in [-0.39, 0.29) is 6.04 Å². The van der Waals surface area contributed by atoms with Crippen LogP contribution >= 0.6 is 11.3 Å². The molecule has 1 rings (SSSR count). The zero-order valence-corrected chi connectivity index (χ0v) is 8.73. The summed E-state index contributed by atoms with van der Waals surface area (Å²) in [6.45, 7) is 2.15. The third kappa shape index (κ3) is 2.58. The zero-order chi connectivity index (χ0) is 9.68. The first-order chi connectivity index (χ1) is 6.29. The largest absolute Gasteiger partial charge is 0.323 e. The highest BCUT2D eigenvalue weighted by atomic mass is 32.1. The summed E-state index contributed by atoms with van der Waals surface area (Å²) in [6, 6.07) is 2.28. The van der Waals surface area contributed by atoms with Gasteiger partial charge in [-0.1, -0.05) is 6.92 Å². The zero-order valence-electron chi connectivity index (χ0n) is 7.92. The van der Waals surface area contributed by atoms with Gasteiger partial charge < -0.3 is 5.73 Å². The fourth-order valence-electron chi connectivity index (χ4n) is 1.33. The number of nitrogens with two attached hydrogens (primary N) is 1. The molecule has 1 nitrogen and oxygen atoms in total. The molecule has 1 atom stereocenters. The normalized spacial score (nSPS) is 12.4. The van der Waals surface area contributed by atoms with E-state index < -0.39 is 0 Å². The van der Waals surface area contributed by atoms with E-state index in [1.807, 2.05) is 0 Å². The number of hydrogen-bond acceptors (Lipinski definition) is 2. The van der Waals surface area contributed by atoms with Crippen molar-refractivity contribution < 1.29 is 0 Å². The molecule has 0 saturated heterocycles. The monoisotopic (exact) mass is 193 g/mol. The summed E-state index contributed by atoms with van der Waals surface area (Å²) in [5.74, 6) is 2.62. The molecule has 0 aliphatic rings. The summed E-state index contributed by atoms with van der Waals surface area (Å²) < 4.78 is 0. The van der Waals surface area contributed by atoms with Crippen molar-refractivity contribution in [1.82, 2.24) is 0 Å². The Morgan fingerprint density at radius 2 is 2.46 bits per heavy atom. The fraction of sp³-hybridized carbons (Fsp3) is 0.455. The number of rotatable bonds is 4. The standard InChI is InChI=1S/C11H15NS/c1-3-5-6-10(12)11-9(4-2)7-8-13-11/h1,7-8,10H,4-6,12H2,2H3. The minimum atomic E-state index is 0.131. The summed E-state index contributed by atoms with van der Waals surface area (Å²) in [5.41, 5.74) is 7.39. The minimum Gasteiger partial charge on any atom is -0.323 e. The van der Waals surface area contributed by atoms with Crippen LogP contribution in [0.1, 0.15) is 36.2 Å². The molecule has 13 heavy (non-hydrogen) atoms. The van der Waals surface area contributed by atoms with Gasteiger partial charge in [0.05, 0.1) is 0 Å². The van der Waals surface area contributed by atoms with Crippen LogP contribution in [0.15, 0.2) is 11.4 Å². The second-order valence-corrected chi connectivity index (χ2v) is 3.96. The minimum absolute atomic E-state index is 0.131. The van der Waals surface area contributed by atoms with Crippen LogP contribution in [-0.2, 0) is 6.42 Å². The molecule has 0 bridgehead atoms. The molecule has 2 heteroatoms. The van der Waals surface area contributed by atoms with E-state index >= 15 is 0 Å². The van der Waals surface area contributed by atoms with Crippen molar-refractivity contribution in [1.29, 1.82) is 0 Å².